The minimum absolute atomic E-state index is 0. The van der Waals surface area contributed by atoms with E-state index in [9.17, 15) is 0 Å². The Hall–Kier alpha value is -0.760. The van der Waals surface area contributed by atoms with Crippen LogP contribution < -0.4 is 10.6 Å². The van der Waals surface area contributed by atoms with Crippen LogP contribution in [0.25, 0.3) is 0 Å². The van der Waals surface area contributed by atoms with Gasteiger partial charge in [0.25, 0.3) is 0 Å². The summed E-state index contributed by atoms with van der Waals surface area (Å²) in [4.78, 5) is 6.56. The highest BCUT2D eigenvalue weighted by atomic mass is 127. The largest absolute Gasteiger partial charge is 0.469 e. The second-order valence-corrected chi connectivity index (χ2v) is 4.99. The van der Waals surface area contributed by atoms with Gasteiger partial charge in [-0.1, -0.05) is 6.92 Å². The zero-order valence-electron chi connectivity index (χ0n) is 13.6. The molecule has 1 unspecified atom stereocenters. The summed E-state index contributed by atoms with van der Waals surface area (Å²) in [5, 5.41) is 6.61. The third-order valence-corrected chi connectivity index (χ3v) is 3.57. The lowest BCUT2D eigenvalue weighted by molar-refractivity contribution is 0.255. The van der Waals surface area contributed by atoms with Gasteiger partial charge in [0.05, 0.1) is 6.26 Å². The summed E-state index contributed by atoms with van der Waals surface area (Å²) in [6.45, 7) is 7.17. The molecule has 0 aliphatic rings. The zero-order valence-corrected chi connectivity index (χ0v) is 15.9. The molecule has 0 spiro atoms. The van der Waals surface area contributed by atoms with Crippen LogP contribution in [0, 0.1) is 0 Å². The number of nitrogens with one attached hydrogen (secondary N) is 2. The molecule has 5 nitrogen and oxygen atoms in total. The number of hydrogen-bond acceptors (Lipinski definition) is 3. The molecule has 1 rings (SSSR count). The van der Waals surface area contributed by atoms with Gasteiger partial charge in [-0.3, -0.25) is 4.99 Å². The number of likely N-dealkylation sites (N-methyl/N-ethyl adjacent to an activating group) is 1. The predicted molar refractivity (Wildman–Crippen MR) is 99.6 cm³/mol. The Bertz CT molecular complexity index is 381. The van der Waals surface area contributed by atoms with E-state index in [0.717, 1.165) is 37.8 Å². The Balaban J connectivity index is 0.00000400. The van der Waals surface area contributed by atoms with Crippen molar-refractivity contribution in [3.05, 3.63) is 24.2 Å². The molecule has 0 aliphatic heterocycles. The highest BCUT2D eigenvalue weighted by molar-refractivity contribution is 14.0. The van der Waals surface area contributed by atoms with Crippen molar-refractivity contribution in [1.29, 1.82) is 0 Å². The monoisotopic (exact) mass is 408 g/mol. The Morgan fingerprint density at radius 1 is 1.38 bits per heavy atom. The summed E-state index contributed by atoms with van der Waals surface area (Å²) in [6, 6.07) is 4.51. The molecule has 1 atom stereocenters. The molecule has 0 aromatic carbocycles. The third-order valence-electron chi connectivity index (χ3n) is 3.57. The number of nitrogens with zero attached hydrogens (tertiary/aromatic N) is 2. The first-order valence-electron chi connectivity index (χ1n) is 7.34. The normalized spacial score (nSPS) is 12.9. The van der Waals surface area contributed by atoms with Gasteiger partial charge in [-0.25, -0.2) is 0 Å². The lowest BCUT2D eigenvalue weighted by Gasteiger charge is -2.23. The van der Waals surface area contributed by atoms with Crippen LogP contribution >= 0.6 is 24.0 Å². The first-order chi connectivity index (χ1) is 9.67. The molecule has 1 heterocycles. The molecule has 0 fully saturated rings. The van der Waals surface area contributed by atoms with E-state index in [-0.39, 0.29) is 24.0 Å². The molecular weight excluding hydrogens is 379 g/mol. The fourth-order valence-electron chi connectivity index (χ4n) is 1.86. The van der Waals surface area contributed by atoms with Crippen molar-refractivity contribution in [2.24, 2.45) is 4.99 Å². The van der Waals surface area contributed by atoms with Crippen LogP contribution in [0.3, 0.4) is 0 Å². The van der Waals surface area contributed by atoms with Gasteiger partial charge in [-0.05, 0) is 32.5 Å². The maximum Gasteiger partial charge on any atom is 0.191 e. The Morgan fingerprint density at radius 3 is 2.67 bits per heavy atom. The van der Waals surface area contributed by atoms with Crippen molar-refractivity contribution >= 4 is 29.9 Å². The molecule has 0 amide bonds. The molecule has 0 bridgehead atoms. The maximum atomic E-state index is 5.29. The van der Waals surface area contributed by atoms with E-state index in [1.807, 2.05) is 12.1 Å². The summed E-state index contributed by atoms with van der Waals surface area (Å²) in [7, 11) is 3.95. The van der Waals surface area contributed by atoms with Gasteiger partial charge in [0.15, 0.2) is 5.96 Å². The van der Waals surface area contributed by atoms with Crippen molar-refractivity contribution in [3.8, 4) is 0 Å². The first kappa shape index (κ1) is 20.2. The molecule has 0 radical (unpaired) electrons. The lowest BCUT2D eigenvalue weighted by atomic mass is 10.2. The SMILES string of the molecule is CCC(C)N(C)CCNC(=NC)NCCc1ccco1.I. The van der Waals surface area contributed by atoms with E-state index < -0.39 is 0 Å². The van der Waals surface area contributed by atoms with Gasteiger partial charge in [0, 0.05) is 39.1 Å². The quantitative estimate of drug-likeness (QED) is 0.394. The zero-order chi connectivity index (χ0) is 14.8. The number of rotatable bonds is 8. The molecular formula is C15H29IN4O. The standard InChI is InChI=1S/C15H28N4O.HI/c1-5-13(2)19(4)11-10-18-15(16-3)17-9-8-14-7-6-12-20-14;/h6-7,12-13H,5,8-11H2,1-4H3,(H2,16,17,18);1H. The summed E-state index contributed by atoms with van der Waals surface area (Å²) in [6.07, 6.45) is 3.74. The van der Waals surface area contributed by atoms with Crippen molar-refractivity contribution < 1.29 is 4.42 Å². The Kier molecular flexibility index (Phi) is 11.4. The van der Waals surface area contributed by atoms with Gasteiger partial charge in [-0.15, -0.1) is 24.0 Å². The molecule has 122 valence electrons. The van der Waals surface area contributed by atoms with E-state index in [4.69, 9.17) is 4.42 Å². The minimum atomic E-state index is 0. The van der Waals surface area contributed by atoms with Crippen LogP contribution in [0.5, 0.6) is 0 Å². The van der Waals surface area contributed by atoms with E-state index in [0.29, 0.717) is 6.04 Å². The average molecular weight is 408 g/mol. The molecule has 0 aliphatic carbocycles. The van der Waals surface area contributed by atoms with Gasteiger partial charge in [-0.2, -0.15) is 0 Å². The smallest absolute Gasteiger partial charge is 0.191 e. The number of furan rings is 1. The molecule has 1 aromatic heterocycles. The summed E-state index contributed by atoms with van der Waals surface area (Å²) in [5.41, 5.74) is 0. The first-order valence-corrected chi connectivity index (χ1v) is 7.34. The van der Waals surface area contributed by atoms with Gasteiger partial charge < -0.3 is 20.0 Å². The average Bonchev–Trinajstić information content (AvgIpc) is 2.97. The van der Waals surface area contributed by atoms with Crippen LogP contribution in [0.2, 0.25) is 0 Å². The molecule has 0 saturated carbocycles. The molecule has 6 heteroatoms. The highest BCUT2D eigenvalue weighted by Crippen LogP contribution is 1.99. The van der Waals surface area contributed by atoms with Crippen LogP contribution in [0.15, 0.2) is 27.8 Å². The van der Waals surface area contributed by atoms with Crippen LogP contribution in [-0.2, 0) is 6.42 Å². The van der Waals surface area contributed by atoms with Crippen LogP contribution in [0.4, 0.5) is 0 Å². The van der Waals surface area contributed by atoms with Crippen molar-refractivity contribution in [2.45, 2.75) is 32.7 Å². The number of hydrogen-bond donors (Lipinski definition) is 2. The van der Waals surface area contributed by atoms with Crippen molar-refractivity contribution in [3.63, 3.8) is 0 Å². The molecule has 1 aromatic rings. The molecule has 2 N–H and O–H groups in total. The van der Waals surface area contributed by atoms with E-state index in [1.165, 1.54) is 6.42 Å². The number of guanidine groups is 1. The number of aliphatic imine (C=N–C) groups is 1. The molecule has 21 heavy (non-hydrogen) atoms. The fourth-order valence-corrected chi connectivity index (χ4v) is 1.86. The van der Waals surface area contributed by atoms with E-state index in [1.54, 1.807) is 13.3 Å². The predicted octanol–water partition coefficient (Wildman–Crippen LogP) is 2.34. The van der Waals surface area contributed by atoms with Gasteiger partial charge in [0.1, 0.15) is 5.76 Å². The van der Waals surface area contributed by atoms with Gasteiger partial charge >= 0.3 is 0 Å². The summed E-state index contributed by atoms with van der Waals surface area (Å²) < 4.78 is 5.29. The minimum Gasteiger partial charge on any atom is -0.469 e. The third kappa shape index (κ3) is 8.31. The maximum absolute atomic E-state index is 5.29. The second-order valence-electron chi connectivity index (χ2n) is 4.99. The highest BCUT2D eigenvalue weighted by Gasteiger charge is 2.06. The van der Waals surface area contributed by atoms with Crippen molar-refractivity contribution in [2.75, 3.05) is 33.7 Å². The summed E-state index contributed by atoms with van der Waals surface area (Å²) >= 11 is 0. The van der Waals surface area contributed by atoms with Crippen LogP contribution in [0.1, 0.15) is 26.0 Å². The molecule has 0 saturated heterocycles. The van der Waals surface area contributed by atoms with E-state index in [2.05, 4.69) is 41.4 Å². The Labute approximate surface area is 145 Å². The van der Waals surface area contributed by atoms with E-state index >= 15 is 0 Å². The van der Waals surface area contributed by atoms with Gasteiger partial charge in [0.2, 0.25) is 0 Å². The lowest BCUT2D eigenvalue weighted by Crippen LogP contribution is -2.42. The van der Waals surface area contributed by atoms with Crippen molar-refractivity contribution in [1.82, 2.24) is 15.5 Å². The number of halogens is 1. The van der Waals surface area contributed by atoms with Crippen LogP contribution in [-0.4, -0.2) is 50.6 Å². The second kappa shape index (κ2) is 11.9. The topological polar surface area (TPSA) is 52.8 Å². The fraction of sp³-hybridized carbons (Fsp3) is 0.667. The summed E-state index contributed by atoms with van der Waals surface area (Å²) in [5.74, 6) is 1.83. The Morgan fingerprint density at radius 2 is 2.10 bits per heavy atom.